The second kappa shape index (κ2) is 6.04. The molecule has 0 aromatic carbocycles. The van der Waals surface area contributed by atoms with Crippen LogP contribution in [0.5, 0.6) is 0 Å². The van der Waals surface area contributed by atoms with E-state index in [0.29, 0.717) is 22.7 Å². The molecule has 1 fully saturated rings. The summed E-state index contributed by atoms with van der Waals surface area (Å²) in [6, 6.07) is 3.89. The predicted octanol–water partition coefficient (Wildman–Crippen LogP) is 0.662. The summed E-state index contributed by atoms with van der Waals surface area (Å²) in [4.78, 5) is 9.69. The van der Waals surface area contributed by atoms with Crippen LogP contribution in [0, 0.1) is 6.92 Å². The van der Waals surface area contributed by atoms with Crippen molar-refractivity contribution in [3.05, 3.63) is 29.5 Å². The van der Waals surface area contributed by atoms with Crippen molar-refractivity contribution in [1.82, 2.24) is 14.5 Å². The van der Waals surface area contributed by atoms with Crippen molar-refractivity contribution in [3.63, 3.8) is 0 Å². The number of hydrogen-bond donors (Lipinski definition) is 4. The molecule has 3 aromatic rings. The number of aliphatic hydroxyl groups excluding tert-OH is 3. The topological polar surface area (TPSA) is 127 Å². The molecule has 4 heterocycles. The van der Waals surface area contributed by atoms with E-state index >= 15 is 0 Å². The van der Waals surface area contributed by atoms with Gasteiger partial charge >= 0.3 is 0 Å². The van der Waals surface area contributed by atoms with Crippen molar-refractivity contribution in [2.45, 2.75) is 31.5 Å². The Hall–Kier alpha value is -2.04. The maximum absolute atomic E-state index is 10.4. The molecule has 1 aliphatic heterocycles. The van der Waals surface area contributed by atoms with Gasteiger partial charge in [0.25, 0.3) is 0 Å². The van der Waals surface area contributed by atoms with Crippen LogP contribution in [0.3, 0.4) is 0 Å². The molecular formula is C16H18N4O4S. The number of aryl methyl sites for hydroxylation is 1. The van der Waals surface area contributed by atoms with Gasteiger partial charge in [-0.15, -0.1) is 11.3 Å². The molecule has 0 aliphatic carbocycles. The van der Waals surface area contributed by atoms with Crippen LogP contribution in [-0.4, -0.2) is 54.8 Å². The maximum atomic E-state index is 10.4. The Labute approximate surface area is 147 Å². The SMILES string of the molecule is Cc1nc(N)c2c(-c3cccs3)cn([C@@H]3O[C@H](CO)[C@@H](O)[C@H]3O)c2n1. The molecule has 4 rings (SSSR count). The lowest BCUT2D eigenvalue weighted by molar-refractivity contribution is -0.0508. The van der Waals surface area contributed by atoms with Crippen LogP contribution >= 0.6 is 11.3 Å². The molecule has 8 nitrogen and oxygen atoms in total. The van der Waals surface area contributed by atoms with Crippen LogP contribution in [-0.2, 0) is 4.74 Å². The summed E-state index contributed by atoms with van der Waals surface area (Å²) in [5, 5.41) is 32.4. The summed E-state index contributed by atoms with van der Waals surface area (Å²) in [5.41, 5.74) is 7.49. The Balaban J connectivity index is 1.93. The van der Waals surface area contributed by atoms with Gasteiger partial charge in [-0.05, 0) is 18.4 Å². The van der Waals surface area contributed by atoms with E-state index in [-0.39, 0.29) is 6.61 Å². The normalized spacial score (nSPS) is 26.6. The molecule has 0 spiro atoms. The van der Waals surface area contributed by atoms with Gasteiger partial charge in [0, 0.05) is 16.6 Å². The highest BCUT2D eigenvalue weighted by molar-refractivity contribution is 7.13. The quantitative estimate of drug-likeness (QED) is 0.539. The molecule has 0 radical (unpaired) electrons. The molecule has 9 heteroatoms. The first-order valence-corrected chi connectivity index (χ1v) is 8.70. The zero-order valence-electron chi connectivity index (χ0n) is 13.4. The number of aromatic nitrogens is 3. The lowest BCUT2D eigenvalue weighted by Crippen LogP contribution is -2.33. The second-order valence-electron chi connectivity index (χ2n) is 6.01. The monoisotopic (exact) mass is 362 g/mol. The highest BCUT2D eigenvalue weighted by Gasteiger charge is 2.44. The summed E-state index contributed by atoms with van der Waals surface area (Å²) in [6.07, 6.45) is -2.32. The Bertz CT molecular complexity index is 911. The van der Waals surface area contributed by atoms with Crippen molar-refractivity contribution in [1.29, 1.82) is 0 Å². The average molecular weight is 362 g/mol. The fourth-order valence-corrected chi connectivity index (χ4v) is 3.95. The van der Waals surface area contributed by atoms with Crippen LogP contribution < -0.4 is 5.73 Å². The number of aliphatic hydroxyl groups is 3. The molecule has 0 saturated carbocycles. The van der Waals surface area contributed by atoms with Gasteiger partial charge in [-0.2, -0.15) is 0 Å². The fraction of sp³-hybridized carbons (Fsp3) is 0.375. The number of rotatable bonds is 3. The lowest BCUT2D eigenvalue weighted by Gasteiger charge is -2.17. The standard InChI is InChI=1S/C16H18N4O4S/c1-7-18-14(17)11-8(10-3-2-4-25-10)5-20(15(11)19-7)16-13(23)12(22)9(6-21)24-16/h2-5,9,12-13,16,21-23H,6H2,1H3,(H2,17,18,19)/t9-,12-,13-,16-/m1/s1. The molecule has 0 amide bonds. The van der Waals surface area contributed by atoms with E-state index < -0.39 is 24.5 Å². The number of nitrogen functional groups attached to an aromatic ring is 1. The molecule has 25 heavy (non-hydrogen) atoms. The molecule has 0 unspecified atom stereocenters. The van der Waals surface area contributed by atoms with E-state index in [2.05, 4.69) is 9.97 Å². The number of nitrogens with zero attached hydrogens (tertiary/aromatic N) is 3. The first kappa shape index (κ1) is 16.4. The summed E-state index contributed by atoms with van der Waals surface area (Å²) in [5.74, 6) is 0.838. The van der Waals surface area contributed by atoms with Gasteiger partial charge in [0.2, 0.25) is 0 Å². The lowest BCUT2D eigenvalue weighted by atomic mass is 10.1. The molecular weight excluding hydrogens is 344 g/mol. The number of fused-ring (bicyclic) bond motifs is 1. The molecule has 132 valence electrons. The Morgan fingerprint density at radius 2 is 2.12 bits per heavy atom. The molecule has 0 bridgehead atoms. The molecule has 1 aliphatic rings. The third-order valence-corrected chi connectivity index (χ3v) is 5.29. The summed E-state index contributed by atoms with van der Waals surface area (Å²) < 4.78 is 7.31. The number of ether oxygens (including phenoxy) is 1. The van der Waals surface area contributed by atoms with Gasteiger partial charge in [0.15, 0.2) is 6.23 Å². The smallest absolute Gasteiger partial charge is 0.164 e. The predicted molar refractivity (Wildman–Crippen MR) is 93.0 cm³/mol. The Kier molecular flexibility index (Phi) is 3.97. The van der Waals surface area contributed by atoms with E-state index in [1.54, 1.807) is 29.0 Å². The van der Waals surface area contributed by atoms with Crippen LogP contribution in [0.25, 0.3) is 21.5 Å². The molecule has 3 aromatic heterocycles. The van der Waals surface area contributed by atoms with Gasteiger partial charge in [-0.25, -0.2) is 9.97 Å². The van der Waals surface area contributed by atoms with Crippen molar-refractivity contribution >= 4 is 28.2 Å². The maximum Gasteiger partial charge on any atom is 0.164 e. The zero-order chi connectivity index (χ0) is 17.7. The second-order valence-corrected chi connectivity index (χ2v) is 6.96. The van der Waals surface area contributed by atoms with Gasteiger partial charge in [0.05, 0.1) is 12.0 Å². The molecule has 4 atom stereocenters. The van der Waals surface area contributed by atoms with E-state index in [4.69, 9.17) is 10.5 Å². The van der Waals surface area contributed by atoms with Crippen LogP contribution in [0.4, 0.5) is 5.82 Å². The van der Waals surface area contributed by atoms with E-state index in [0.717, 1.165) is 10.4 Å². The highest BCUT2D eigenvalue weighted by atomic mass is 32.1. The van der Waals surface area contributed by atoms with E-state index in [9.17, 15) is 15.3 Å². The first-order valence-electron chi connectivity index (χ1n) is 7.82. The third kappa shape index (κ3) is 2.52. The van der Waals surface area contributed by atoms with Crippen LogP contribution in [0.15, 0.2) is 23.7 Å². The highest BCUT2D eigenvalue weighted by Crippen LogP contribution is 2.39. The van der Waals surface area contributed by atoms with Gasteiger partial charge in [-0.3, -0.25) is 0 Å². The van der Waals surface area contributed by atoms with Crippen molar-refractivity contribution in [2.75, 3.05) is 12.3 Å². The Morgan fingerprint density at radius 1 is 1.32 bits per heavy atom. The Morgan fingerprint density at radius 3 is 2.76 bits per heavy atom. The van der Waals surface area contributed by atoms with Gasteiger partial charge in [-0.1, -0.05) is 6.07 Å². The third-order valence-electron chi connectivity index (χ3n) is 4.39. The van der Waals surface area contributed by atoms with Crippen molar-refractivity contribution in [3.8, 4) is 10.4 Å². The van der Waals surface area contributed by atoms with E-state index in [1.165, 1.54) is 0 Å². The van der Waals surface area contributed by atoms with Gasteiger partial charge < -0.3 is 30.4 Å². The number of thiophene rings is 1. The van der Waals surface area contributed by atoms with Gasteiger partial charge in [0.1, 0.15) is 35.6 Å². The zero-order valence-corrected chi connectivity index (χ0v) is 14.2. The minimum absolute atomic E-state index is 0.344. The minimum Gasteiger partial charge on any atom is -0.394 e. The molecule has 1 saturated heterocycles. The summed E-state index contributed by atoms with van der Waals surface area (Å²) in [7, 11) is 0. The summed E-state index contributed by atoms with van der Waals surface area (Å²) in [6.45, 7) is 1.34. The average Bonchev–Trinajstić information content (AvgIpc) is 3.27. The number of hydrogen-bond acceptors (Lipinski definition) is 8. The molecule has 5 N–H and O–H groups in total. The number of nitrogens with two attached hydrogens (primary N) is 1. The minimum atomic E-state index is -1.19. The number of anilines is 1. The summed E-state index contributed by atoms with van der Waals surface area (Å²) >= 11 is 1.55. The van der Waals surface area contributed by atoms with E-state index in [1.807, 2.05) is 17.5 Å². The first-order chi connectivity index (χ1) is 12.0. The van der Waals surface area contributed by atoms with Crippen LogP contribution in [0.1, 0.15) is 12.1 Å². The largest absolute Gasteiger partial charge is 0.394 e. The van der Waals surface area contributed by atoms with Crippen LogP contribution in [0.2, 0.25) is 0 Å². The van der Waals surface area contributed by atoms with Crippen molar-refractivity contribution < 1.29 is 20.1 Å². The fourth-order valence-electron chi connectivity index (χ4n) is 3.21. The van der Waals surface area contributed by atoms with Crippen molar-refractivity contribution in [2.24, 2.45) is 0 Å².